The van der Waals surface area contributed by atoms with E-state index in [0.717, 1.165) is 48.9 Å². The second-order valence-electron chi connectivity index (χ2n) is 15.7. The summed E-state index contributed by atoms with van der Waals surface area (Å²) in [6.45, 7) is 10.3. The molecular formula is C39H51ClFIN4O5S3. The van der Waals surface area contributed by atoms with E-state index in [0.29, 0.717) is 31.9 Å². The number of hydrogen-bond donors (Lipinski definition) is 2. The number of allylic oxidation sites excluding steroid dienone is 2. The molecule has 2 N–H and O–H groups in total. The Morgan fingerprint density at radius 3 is 2.63 bits per heavy atom. The molecule has 2 saturated heterocycles. The number of halogens is 3. The molecule has 0 radical (unpaired) electrons. The van der Waals surface area contributed by atoms with E-state index >= 15 is 0 Å². The summed E-state index contributed by atoms with van der Waals surface area (Å²) in [5.41, 5.74) is 3.22. The molecule has 1 saturated carbocycles. The molecule has 1 spiro atoms. The van der Waals surface area contributed by atoms with Crippen molar-refractivity contribution in [1.82, 2.24) is 14.9 Å². The highest BCUT2D eigenvalue weighted by Crippen LogP contribution is 2.46. The molecule has 4 heterocycles. The molecule has 54 heavy (non-hydrogen) atoms. The number of hydrogen-bond acceptors (Lipinski definition) is 9. The Morgan fingerprint density at radius 2 is 1.89 bits per heavy atom. The van der Waals surface area contributed by atoms with Crippen molar-refractivity contribution < 1.29 is 26.6 Å². The first-order valence-electron chi connectivity index (χ1n) is 19.0. The van der Waals surface area contributed by atoms with Gasteiger partial charge < -0.3 is 15.0 Å². The van der Waals surface area contributed by atoms with Crippen LogP contribution in [0.3, 0.4) is 0 Å². The van der Waals surface area contributed by atoms with Crippen LogP contribution < -0.4 is 19.7 Å². The molecule has 4 aliphatic heterocycles. The van der Waals surface area contributed by atoms with Crippen molar-refractivity contribution in [3.05, 3.63) is 70.3 Å². The van der Waals surface area contributed by atoms with Gasteiger partial charge in [0, 0.05) is 81.9 Å². The quantitative estimate of drug-likeness (QED) is 0.218. The number of sulfonamides is 1. The fourth-order valence-corrected chi connectivity index (χ4v) is 10.4. The zero-order valence-electron chi connectivity index (χ0n) is 30.9. The molecule has 8 rings (SSSR count). The molecule has 2 bridgehead atoms. The highest BCUT2D eigenvalue weighted by Gasteiger charge is 2.44. The molecule has 6 aliphatic rings. The summed E-state index contributed by atoms with van der Waals surface area (Å²) in [4.78, 5) is 31.4. The lowest BCUT2D eigenvalue weighted by Gasteiger charge is -2.44. The summed E-state index contributed by atoms with van der Waals surface area (Å²) in [5.74, 6) is -0.0319. The van der Waals surface area contributed by atoms with Crippen molar-refractivity contribution in [2.24, 2.45) is 17.8 Å². The van der Waals surface area contributed by atoms with Gasteiger partial charge in [-0.05, 0) is 135 Å². The number of nitrogens with zero attached hydrogens (tertiary/aromatic N) is 2. The average Bonchev–Trinajstić information content (AvgIpc) is 3.54. The molecule has 15 heteroatoms. The number of nitrogens with one attached hydrogen (secondary N) is 2. The van der Waals surface area contributed by atoms with Crippen LogP contribution in [0.1, 0.15) is 80.3 Å². The van der Waals surface area contributed by atoms with E-state index in [-0.39, 0.29) is 34.5 Å². The van der Waals surface area contributed by atoms with Gasteiger partial charge in [0.05, 0.1) is 17.5 Å². The van der Waals surface area contributed by atoms with Gasteiger partial charge in [-0.15, -0.1) is 0 Å². The highest BCUT2D eigenvalue weighted by molar-refractivity contribution is 14.2. The summed E-state index contributed by atoms with van der Waals surface area (Å²) in [5, 5.41) is 3.33. The minimum atomic E-state index is -3.93. The zero-order valence-corrected chi connectivity index (χ0v) is 36.3. The number of ether oxygens (including phenoxy) is 1. The molecule has 1 amide bonds. The molecule has 2 aromatic carbocycles. The van der Waals surface area contributed by atoms with Gasteiger partial charge >= 0.3 is 0 Å². The number of benzene rings is 2. The average molecular weight is 933 g/mol. The Morgan fingerprint density at radius 1 is 1.09 bits per heavy atom. The van der Waals surface area contributed by atoms with E-state index in [9.17, 15) is 21.9 Å². The van der Waals surface area contributed by atoms with E-state index in [1.54, 1.807) is 37.3 Å². The van der Waals surface area contributed by atoms with Crippen molar-refractivity contribution in [2.75, 3.05) is 50.8 Å². The van der Waals surface area contributed by atoms with Crippen LogP contribution in [-0.2, 0) is 44.9 Å². The van der Waals surface area contributed by atoms with Gasteiger partial charge in [-0.1, -0.05) is 30.7 Å². The van der Waals surface area contributed by atoms with Gasteiger partial charge in [0.1, 0.15) is 12.8 Å². The van der Waals surface area contributed by atoms with Gasteiger partial charge in [-0.2, -0.15) is 3.89 Å². The molecule has 2 unspecified atom stereocenters. The minimum Gasteiger partial charge on any atom is -0.490 e. The first kappa shape index (κ1) is 41.9. The van der Waals surface area contributed by atoms with Crippen molar-refractivity contribution in [2.45, 2.75) is 81.9 Å². The maximum Gasteiger partial charge on any atom is 0.264 e. The maximum atomic E-state index is 13.3. The Bertz CT molecular complexity index is 1850. The largest absolute Gasteiger partial charge is 0.490 e. The summed E-state index contributed by atoms with van der Waals surface area (Å²) < 4.78 is 45.8. The lowest BCUT2D eigenvalue weighted by Crippen LogP contribution is -2.49. The second-order valence-corrected chi connectivity index (χ2v) is 23.5. The lowest BCUT2D eigenvalue weighted by molar-refractivity contribution is -0.122. The number of ketones is 1. The first-order chi connectivity index (χ1) is 25.8. The van der Waals surface area contributed by atoms with Gasteiger partial charge in [0.2, 0.25) is 10.0 Å². The van der Waals surface area contributed by atoms with Crippen LogP contribution in [-0.4, -0.2) is 82.2 Å². The number of rotatable bonds is 0. The Hall–Kier alpha value is -1.69. The highest BCUT2D eigenvalue weighted by atomic mass is 127. The Kier molecular flexibility index (Phi) is 14.2. The fraction of sp³-hybridized carbons (Fsp3) is 0.590. The number of piperazine rings is 1. The van der Waals surface area contributed by atoms with Crippen LogP contribution in [0.2, 0.25) is 5.02 Å². The van der Waals surface area contributed by atoms with Crippen LogP contribution in [0.25, 0.3) is 0 Å². The van der Waals surface area contributed by atoms with Gasteiger partial charge in [0.15, 0.2) is 5.78 Å². The number of fused-ring (bicyclic) bond motifs is 5. The van der Waals surface area contributed by atoms with Gasteiger partial charge in [-0.3, -0.25) is 14.5 Å². The number of aryl methyl sites for hydroxylation is 1. The molecule has 296 valence electrons. The molecule has 0 aromatic heterocycles. The number of carbonyl (C=O) groups excluding carboxylic acids is 2. The van der Waals surface area contributed by atoms with Crippen LogP contribution in [0.15, 0.2) is 48.6 Å². The maximum absolute atomic E-state index is 13.3. The first-order valence-corrected chi connectivity index (χ1v) is 25.5. The number of amides is 1. The summed E-state index contributed by atoms with van der Waals surface area (Å²) >= 11 is 11.9. The molecule has 2 aliphatic carbocycles. The van der Waals surface area contributed by atoms with E-state index in [2.05, 4.69) is 43.2 Å². The van der Waals surface area contributed by atoms with Crippen molar-refractivity contribution in [3.63, 3.8) is 0 Å². The molecule has 7 atom stereocenters. The third kappa shape index (κ3) is 9.87. The SMILES string of the molecule is C1CC2CNCCN2C1.C[C@@H]1[C@@H](C)C/C=C/C(=O)[C@@H]2CC[C@H]2CN2C[C@@]3(CCCc4cc(Cl)ccc43)COc3ccc(cc32)C(=O)NS1(=O)=O.FS(=S)I. The summed E-state index contributed by atoms with van der Waals surface area (Å²) in [7, 11) is -5.24. The van der Waals surface area contributed by atoms with E-state index < -0.39 is 28.2 Å². The monoisotopic (exact) mass is 932 g/mol. The topological polar surface area (TPSA) is 108 Å². The van der Waals surface area contributed by atoms with E-state index in [1.807, 2.05) is 13.0 Å². The third-order valence-electron chi connectivity index (χ3n) is 12.3. The predicted octanol–water partition coefficient (Wildman–Crippen LogP) is 6.81. The fourth-order valence-electron chi connectivity index (χ4n) is 8.91. The van der Waals surface area contributed by atoms with Crippen LogP contribution >= 0.6 is 32.8 Å². The van der Waals surface area contributed by atoms with Crippen molar-refractivity contribution >= 4 is 78.4 Å². The lowest BCUT2D eigenvalue weighted by atomic mass is 9.68. The summed E-state index contributed by atoms with van der Waals surface area (Å²) in [6.07, 6.45) is 11.4. The standard InChI is InChI=1S/C32H37ClN2O5S.C7H14N2.FIS2/c1-20-5-3-7-29(36)26-11-8-24(26)17-35-18-32(14-4-6-22-15-25(33)10-12-27(22)32)19-40-30-13-9-23(16-28(30)35)31(37)34-41(38,39)21(20)2;1-2-7-6-8-3-5-9(7)4-1;1-4(2)3/h3,7,9-10,12-13,15-16,20-21,24,26H,4-6,8,11,14,17-19H2,1-2H3,(H,34,37);7-8H,1-6H2;/b7-3+;;/t20-,21+,24-,26+,32-;;/m0../s1. The van der Waals surface area contributed by atoms with Gasteiger partial charge in [-0.25, -0.2) is 13.1 Å². The Labute approximate surface area is 344 Å². The molecular weight excluding hydrogens is 882 g/mol. The van der Waals surface area contributed by atoms with Crippen molar-refractivity contribution in [1.29, 1.82) is 0 Å². The third-order valence-corrected chi connectivity index (χ3v) is 14.5. The summed E-state index contributed by atoms with van der Waals surface area (Å²) in [6, 6.07) is 12.2. The molecule has 3 fully saturated rings. The molecule has 2 aromatic rings. The van der Waals surface area contributed by atoms with E-state index in [4.69, 9.17) is 16.3 Å². The van der Waals surface area contributed by atoms with Crippen LogP contribution in [0.5, 0.6) is 5.75 Å². The zero-order chi connectivity index (χ0) is 38.6. The smallest absolute Gasteiger partial charge is 0.264 e. The van der Waals surface area contributed by atoms with Crippen LogP contribution in [0.4, 0.5) is 9.57 Å². The van der Waals surface area contributed by atoms with Crippen molar-refractivity contribution in [3.8, 4) is 5.75 Å². The van der Waals surface area contributed by atoms with Gasteiger partial charge in [0.25, 0.3) is 5.91 Å². The molecule has 9 nitrogen and oxygen atoms in total. The van der Waals surface area contributed by atoms with E-state index in [1.165, 1.54) is 71.4 Å². The number of anilines is 1. The minimum absolute atomic E-state index is 0.0666. The second kappa shape index (κ2) is 18.3. The number of carbonyl (C=O) groups is 2. The predicted molar refractivity (Wildman–Crippen MR) is 228 cm³/mol. The van der Waals surface area contributed by atoms with Crippen LogP contribution in [0, 0.1) is 17.8 Å². The normalized spacial score (nSPS) is 31.6. The Balaban J connectivity index is 0.000000322.